The molecular formula is C52H33NO2. The quantitative estimate of drug-likeness (QED) is 0.173. The van der Waals surface area contributed by atoms with Crippen LogP contribution in [0.3, 0.4) is 0 Å². The summed E-state index contributed by atoms with van der Waals surface area (Å²) in [6.45, 7) is 0. The average molecular weight is 704 g/mol. The summed E-state index contributed by atoms with van der Waals surface area (Å²) < 4.78 is 12.9. The molecule has 11 rings (SSSR count). The second kappa shape index (κ2) is 12.6. The second-order valence-corrected chi connectivity index (χ2v) is 14.0. The summed E-state index contributed by atoms with van der Waals surface area (Å²) in [5, 5.41) is 6.80. The summed E-state index contributed by atoms with van der Waals surface area (Å²) in [6, 6.07) is 71.0. The second-order valence-electron chi connectivity index (χ2n) is 14.0. The van der Waals surface area contributed by atoms with Crippen LogP contribution in [0.1, 0.15) is 0 Å². The molecule has 0 fully saturated rings. The molecule has 11 aromatic rings. The highest BCUT2D eigenvalue weighted by Gasteiger charge is 2.25. The van der Waals surface area contributed by atoms with Crippen molar-refractivity contribution in [1.82, 2.24) is 0 Å². The third-order valence-corrected chi connectivity index (χ3v) is 10.9. The van der Waals surface area contributed by atoms with Gasteiger partial charge in [0.1, 0.15) is 22.3 Å². The molecule has 3 heteroatoms. The Morgan fingerprint density at radius 3 is 1.65 bits per heavy atom. The number of para-hydroxylation sites is 4. The number of hydrogen-bond donors (Lipinski definition) is 0. The van der Waals surface area contributed by atoms with E-state index in [1.807, 2.05) is 18.2 Å². The number of rotatable bonds is 6. The number of benzene rings is 9. The largest absolute Gasteiger partial charge is 0.456 e. The fourth-order valence-electron chi connectivity index (χ4n) is 8.46. The van der Waals surface area contributed by atoms with Crippen LogP contribution < -0.4 is 4.90 Å². The predicted octanol–water partition coefficient (Wildman–Crippen LogP) is 15.1. The number of furan rings is 2. The van der Waals surface area contributed by atoms with E-state index >= 15 is 0 Å². The van der Waals surface area contributed by atoms with E-state index in [1.54, 1.807) is 0 Å². The Kier molecular flexibility index (Phi) is 7.17. The van der Waals surface area contributed by atoms with Gasteiger partial charge in [0.05, 0.1) is 22.4 Å². The van der Waals surface area contributed by atoms with Crippen LogP contribution in [0, 0.1) is 0 Å². The molecule has 0 saturated carbocycles. The Morgan fingerprint density at radius 1 is 0.291 bits per heavy atom. The smallest absolute Gasteiger partial charge is 0.137 e. The normalized spacial score (nSPS) is 11.6. The molecule has 3 nitrogen and oxygen atoms in total. The molecule has 0 amide bonds. The highest BCUT2D eigenvalue weighted by Crippen LogP contribution is 2.50. The number of nitrogens with zero attached hydrogens (tertiary/aromatic N) is 1. The molecule has 0 aliphatic heterocycles. The summed E-state index contributed by atoms with van der Waals surface area (Å²) in [7, 11) is 0. The van der Waals surface area contributed by atoms with Gasteiger partial charge in [0.15, 0.2) is 0 Å². The van der Waals surface area contributed by atoms with E-state index in [-0.39, 0.29) is 0 Å². The first-order valence-corrected chi connectivity index (χ1v) is 18.7. The topological polar surface area (TPSA) is 29.5 Å². The van der Waals surface area contributed by atoms with E-state index in [0.29, 0.717) is 0 Å². The zero-order valence-electron chi connectivity index (χ0n) is 29.8. The van der Waals surface area contributed by atoms with E-state index in [4.69, 9.17) is 8.83 Å². The molecular weight excluding hydrogens is 671 g/mol. The van der Waals surface area contributed by atoms with Gasteiger partial charge in [0, 0.05) is 27.3 Å². The van der Waals surface area contributed by atoms with Crippen molar-refractivity contribution in [3.63, 3.8) is 0 Å². The zero-order valence-corrected chi connectivity index (χ0v) is 29.8. The summed E-state index contributed by atoms with van der Waals surface area (Å²) in [6.07, 6.45) is 0. The Labute approximate surface area is 317 Å². The van der Waals surface area contributed by atoms with E-state index in [9.17, 15) is 0 Å². The SMILES string of the molecule is c1ccc(-c2cccc3cccc(-c4ccccc4N(c4ccccc4-c4ccc5c(c4)oc4ccccc45)c4cccc5oc6ccccc6c45)c23)cc1. The predicted molar refractivity (Wildman–Crippen MR) is 229 cm³/mol. The van der Waals surface area contributed by atoms with Crippen LogP contribution in [0.15, 0.2) is 209 Å². The zero-order chi connectivity index (χ0) is 36.3. The molecule has 55 heavy (non-hydrogen) atoms. The maximum absolute atomic E-state index is 6.51. The van der Waals surface area contributed by atoms with Crippen molar-refractivity contribution in [2.24, 2.45) is 0 Å². The Morgan fingerprint density at radius 2 is 0.836 bits per heavy atom. The van der Waals surface area contributed by atoms with Crippen molar-refractivity contribution in [3.05, 3.63) is 200 Å². The first-order valence-electron chi connectivity index (χ1n) is 18.7. The lowest BCUT2D eigenvalue weighted by Gasteiger charge is -2.30. The van der Waals surface area contributed by atoms with Crippen molar-refractivity contribution in [2.75, 3.05) is 4.90 Å². The minimum Gasteiger partial charge on any atom is -0.456 e. The van der Waals surface area contributed by atoms with Crippen LogP contribution in [-0.2, 0) is 0 Å². The molecule has 0 saturated heterocycles. The van der Waals surface area contributed by atoms with Crippen molar-refractivity contribution >= 4 is 71.7 Å². The van der Waals surface area contributed by atoms with Gasteiger partial charge in [-0.05, 0) is 81.6 Å². The summed E-state index contributed by atoms with van der Waals surface area (Å²) in [5.74, 6) is 0. The summed E-state index contributed by atoms with van der Waals surface area (Å²) in [4.78, 5) is 2.43. The maximum atomic E-state index is 6.51. The average Bonchev–Trinajstić information content (AvgIpc) is 3.83. The van der Waals surface area contributed by atoms with Gasteiger partial charge in [-0.1, -0.05) is 152 Å². The molecule has 2 aromatic heterocycles. The third-order valence-electron chi connectivity index (χ3n) is 10.9. The molecule has 9 aromatic carbocycles. The molecule has 0 atom stereocenters. The monoisotopic (exact) mass is 703 g/mol. The van der Waals surface area contributed by atoms with Crippen molar-refractivity contribution < 1.29 is 8.83 Å². The van der Waals surface area contributed by atoms with Crippen LogP contribution in [0.5, 0.6) is 0 Å². The fraction of sp³-hybridized carbons (Fsp3) is 0. The molecule has 0 unspecified atom stereocenters. The van der Waals surface area contributed by atoms with E-state index in [0.717, 1.165) is 77.6 Å². The maximum Gasteiger partial charge on any atom is 0.137 e. The molecule has 0 N–H and O–H groups in total. The molecule has 0 radical (unpaired) electrons. The van der Waals surface area contributed by atoms with Gasteiger partial charge in [0.2, 0.25) is 0 Å². The number of fused-ring (bicyclic) bond motifs is 7. The molecule has 0 aliphatic rings. The van der Waals surface area contributed by atoms with Gasteiger partial charge < -0.3 is 13.7 Å². The number of hydrogen-bond acceptors (Lipinski definition) is 3. The van der Waals surface area contributed by atoms with Crippen LogP contribution >= 0.6 is 0 Å². The standard InChI is InChI=1S/C52H33NO2/c1-2-15-34(16-3-1)38-23-12-17-35-18-13-24-42(51(35)38)39-20-5-9-26-45(39)53(46-27-14-30-49-52(46)43-22-7-11-29-48(43)54-49)44-25-8-4-19-37(44)36-31-32-41-40-21-6-10-28-47(40)55-50(41)33-36/h1-33H. The van der Waals surface area contributed by atoms with Gasteiger partial charge >= 0.3 is 0 Å². The fourth-order valence-corrected chi connectivity index (χ4v) is 8.46. The molecule has 0 bridgehead atoms. The van der Waals surface area contributed by atoms with Gasteiger partial charge in [-0.25, -0.2) is 0 Å². The molecule has 258 valence electrons. The van der Waals surface area contributed by atoms with Gasteiger partial charge in [-0.3, -0.25) is 0 Å². The van der Waals surface area contributed by atoms with Crippen LogP contribution in [0.4, 0.5) is 17.1 Å². The highest BCUT2D eigenvalue weighted by atomic mass is 16.3. The van der Waals surface area contributed by atoms with Gasteiger partial charge in [-0.15, -0.1) is 0 Å². The first kappa shape index (κ1) is 31.2. The van der Waals surface area contributed by atoms with Crippen LogP contribution in [-0.4, -0.2) is 0 Å². The third kappa shape index (κ3) is 5.05. The molecule has 0 aliphatic carbocycles. The van der Waals surface area contributed by atoms with Gasteiger partial charge in [0.25, 0.3) is 0 Å². The Hall–Kier alpha value is -7.36. The van der Waals surface area contributed by atoms with Gasteiger partial charge in [-0.2, -0.15) is 0 Å². The molecule has 2 heterocycles. The summed E-state index contributed by atoms with van der Waals surface area (Å²) >= 11 is 0. The van der Waals surface area contributed by atoms with E-state index < -0.39 is 0 Å². The van der Waals surface area contributed by atoms with Crippen molar-refractivity contribution in [1.29, 1.82) is 0 Å². The van der Waals surface area contributed by atoms with Crippen molar-refractivity contribution in [3.8, 4) is 33.4 Å². The lowest BCUT2D eigenvalue weighted by molar-refractivity contribution is 0.668. The Bertz CT molecular complexity index is 3220. The number of anilines is 3. The van der Waals surface area contributed by atoms with Crippen molar-refractivity contribution in [2.45, 2.75) is 0 Å². The Balaban J connectivity index is 1.21. The minimum atomic E-state index is 0.846. The highest BCUT2D eigenvalue weighted by molar-refractivity contribution is 6.16. The van der Waals surface area contributed by atoms with Crippen LogP contribution in [0.25, 0.3) is 88.0 Å². The minimum absolute atomic E-state index is 0.846. The van der Waals surface area contributed by atoms with E-state index in [1.165, 1.54) is 27.5 Å². The summed E-state index contributed by atoms with van der Waals surface area (Å²) in [5.41, 5.74) is 13.5. The molecule has 0 spiro atoms. The first-order chi connectivity index (χ1) is 27.3. The lowest BCUT2D eigenvalue weighted by atomic mass is 9.90. The van der Waals surface area contributed by atoms with Crippen LogP contribution in [0.2, 0.25) is 0 Å². The van der Waals surface area contributed by atoms with E-state index in [2.05, 4.69) is 187 Å². The lowest BCUT2D eigenvalue weighted by Crippen LogP contribution is -2.13.